The van der Waals surface area contributed by atoms with Gasteiger partial charge >= 0.3 is 0 Å². The summed E-state index contributed by atoms with van der Waals surface area (Å²) in [5, 5.41) is 3.58. The van der Waals surface area contributed by atoms with Crippen LogP contribution in [0.15, 0.2) is 18.2 Å². The Hall–Kier alpha value is -0.860. The van der Waals surface area contributed by atoms with Gasteiger partial charge in [-0.3, -0.25) is 0 Å². The summed E-state index contributed by atoms with van der Waals surface area (Å²) >= 11 is 0. The van der Waals surface area contributed by atoms with Crippen molar-refractivity contribution in [2.75, 3.05) is 20.6 Å². The molecule has 0 spiro atoms. The molecule has 2 rings (SSSR count). The predicted molar refractivity (Wildman–Crippen MR) is 73.3 cm³/mol. The lowest BCUT2D eigenvalue weighted by Gasteiger charge is -2.18. The van der Waals surface area contributed by atoms with E-state index in [4.69, 9.17) is 0 Å². The van der Waals surface area contributed by atoms with Crippen LogP contribution in [0.3, 0.4) is 0 Å². The minimum Gasteiger partial charge on any atom is -0.309 e. The van der Waals surface area contributed by atoms with Gasteiger partial charge in [-0.2, -0.15) is 0 Å². The molecule has 1 aliphatic rings. The van der Waals surface area contributed by atoms with Crippen molar-refractivity contribution in [2.24, 2.45) is 0 Å². The fourth-order valence-corrected chi connectivity index (χ4v) is 2.64. The number of rotatable bonds is 5. The Morgan fingerprint density at radius 1 is 1.24 bits per heavy atom. The summed E-state index contributed by atoms with van der Waals surface area (Å²) in [6.07, 6.45) is 3.89. The first-order chi connectivity index (χ1) is 8.15. The lowest BCUT2D eigenvalue weighted by molar-refractivity contribution is 0.349. The van der Waals surface area contributed by atoms with Gasteiger partial charge in [0.1, 0.15) is 0 Å². The van der Waals surface area contributed by atoms with E-state index in [1.807, 2.05) is 0 Å². The van der Waals surface area contributed by atoms with E-state index in [1.165, 1.54) is 24.8 Å². The number of aryl methyl sites for hydroxylation is 2. The zero-order chi connectivity index (χ0) is 12.3. The van der Waals surface area contributed by atoms with Crippen LogP contribution in [0.4, 0.5) is 0 Å². The van der Waals surface area contributed by atoms with E-state index in [2.05, 4.69) is 49.4 Å². The zero-order valence-corrected chi connectivity index (χ0v) is 11.3. The number of hydrogen-bond donors (Lipinski definition) is 1. The molecule has 2 heteroatoms. The second-order valence-electron chi connectivity index (χ2n) is 5.50. The molecule has 0 bridgehead atoms. The maximum atomic E-state index is 3.58. The summed E-state index contributed by atoms with van der Waals surface area (Å²) < 4.78 is 0. The number of fused-ring (bicyclic) bond motifs is 1. The smallest absolute Gasteiger partial charge is 0.0208 e. The molecule has 94 valence electrons. The Balaban J connectivity index is 1.87. The third kappa shape index (κ3) is 3.55. The van der Waals surface area contributed by atoms with Crippen LogP contribution >= 0.6 is 0 Å². The van der Waals surface area contributed by atoms with Crippen LogP contribution in [-0.4, -0.2) is 31.6 Å². The SMILES string of the molecule is CC(CN(C)C)NCc1ccc2c(c1)CCC2. The molecule has 1 atom stereocenters. The summed E-state index contributed by atoms with van der Waals surface area (Å²) in [6.45, 7) is 4.32. The molecular weight excluding hydrogens is 208 g/mol. The molecule has 0 aromatic heterocycles. The highest BCUT2D eigenvalue weighted by molar-refractivity contribution is 5.35. The zero-order valence-electron chi connectivity index (χ0n) is 11.3. The number of likely N-dealkylation sites (N-methyl/N-ethyl adjacent to an activating group) is 1. The van der Waals surface area contributed by atoms with Crippen LogP contribution in [0.1, 0.15) is 30.0 Å². The second-order valence-corrected chi connectivity index (χ2v) is 5.50. The molecule has 1 aliphatic carbocycles. The summed E-state index contributed by atoms with van der Waals surface area (Å²) in [6, 6.07) is 7.52. The van der Waals surface area contributed by atoms with Crippen LogP contribution < -0.4 is 5.32 Å². The van der Waals surface area contributed by atoms with Crippen molar-refractivity contribution in [1.29, 1.82) is 0 Å². The van der Waals surface area contributed by atoms with Gasteiger partial charge in [-0.1, -0.05) is 18.2 Å². The van der Waals surface area contributed by atoms with Gasteiger partial charge in [0.2, 0.25) is 0 Å². The van der Waals surface area contributed by atoms with E-state index < -0.39 is 0 Å². The molecule has 1 aromatic rings. The van der Waals surface area contributed by atoms with Gasteiger partial charge in [-0.15, -0.1) is 0 Å². The topological polar surface area (TPSA) is 15.3 Å². The number of benzene rings is 1. The maximum Gasteiger partial charge on any atom is 0.0208 e. The van der Waals surface area contributed by atoms with E-state index in [0.29, 0.717) is 6.04 Å². The molecule has 1 unspecified atom stereocenters. The molecule has 0 saturated heterocycles. The first-order valence-corrected chi connectivity index (χ1v) is 6.64. The van der Waals surface area contributed by atoms with Gasteiger partial charge in [-0.05, 0) is 57.0 Å². The Morgan fingerprint density at radius 2 is 2.00 bits per heavy atom. The minimum absolute atomic E-state index is 0.540. The van der Waals surface area contributed by atoms with Crippen molar-refractivity contribution in [2.45, 2.75) is 38.8 Å². The summed E-state index contributed by atoms with van der Waals surface area (Å²) in [4.78, 5) is 2.22. The van der Waals surface area contributed by atoms with Gasteiger partial charge < -0.3 is 10.2 Å². The minimum atomic E-state index is 0.540. The van der Waals surface area contributed by atoms with E-state index in [9.17, 15) is 0 Å². The van der Waals surface area contributed by atoms with Crippen LogP contribution in [0.25, 0.3) is 0 Å². The highest BCUT2D eigenvalue weighted by Gasteiger charge is 2.11. The van der Waals surface area contributed by atoms with Crippen molar-refractivity contribution >= 4 is 0 Å². The molecule has 1 N–H and O–H groups in total. The fraction of sp³-hybridized carbons (Fsp3) is 0.600. The van der Waals surface area contributed by atoms with E-state index in [1.54, 1.807) is 11.1 Å². The molecule has 0 fully saturated rings. The molecule has 0 heterocycles. The van der Waals surface area contributed by atoms with Crippen LogP contribution in [0.2, 0.25) is 0 Å². The molecule has 1 aromatic carbocycles. The van der Waals surface area contributed by atoms with Crippen LogP contribution in [0, 0.1) is 0 Å². The molecule has 2 nitrogen and oxygen atoms in total. The standard InChI is InChI=1S/C15H24N2/c1-12(11-17(2)3)16-10-13-7-8-14-5-4-6-15(14)9-13/h7-9,12,16H,4-6,10-11H2,1-3H3. The summed E-state index contributed by atoms with van der Waals surface area (Å²) in [5.74, 6) is 0. The van der Waals surface area contributed by atoms with Crippen LogP contribution in [-0.2, 0) is 19.4 Å². The molecular formula is C15H24N2. The predicted octanol–water partition coefficient (Wildman–Crippen LogP) is 2.21. The summed E-state index contributed by atoms with van der Waals surface area (Å²) in [5.41, 5.74) is 4.57. The van der Waals surface area contributed by atoms with Gasteiger partial charge in [-0.25, -0.2) is 0 Å². The van der Waals surface area contributed by atoms with Crippen molar-refractivity contribution in [3.05, 3.63) is 34.9 Å². The molecule has 0 radical (unpaired) electrons. The van der Waals surface area contributed by atoms with Crippen molar-refractivity contribution in [1.82, 2.24) is 10.2 Å². The molecule has 0 amide bonds. The highest BCUT2D eigenvalue weighted by Crippen LogP contribution is 2.22. The normalized spacial score (nSPS) is 16.2. The monoisotopic (exact) mass is 232 g/mol. The van der Waals surface area contributed by atoms with Crippen molar-refractivity contribution in [3.8, 4) is 0 Å². The van der Waals surface area contributed by atoms with Gasteiger partial charge in [0.25, 0.3) is 0 Å². The lowest BCUT2D eigenvalue weighted by Crippen LogP contribution is -2.35. The molecule has 0 aliphatic heterocycles. The average molecular weight is 232 g/mol. The third-order valence-electron chi connectivity index (χ3n) is 3.46. The van der Waals surface area contributed by atoms with E-state index >= 15 is 0 Å². The Morgan fingerprint density at radius 3 is 2.76 bits per heavy atom. The Labute approximate surface area is 105 Å². The largest absolute Gasteiger partial charge is 0.309 e. The number of nitrogens with zero attached hydrogens (tertiary/aromatic N) is 1. The molecule has 17 heavy (non-hydrogen) atoms. The van der Waals surface area contributed by atoms with Gasteiger partial charge in [0, 0.05) is 19.1 Å². The Bertz CT molecular complexity index is 371. The Kier molecular flexibility index (Phi) is 4.19. The van der Waals surface area contributed by atoms with Crippen molar-refractivity contribution < 1.29 is 0 Å². The quantitative estimate of drug-likeness (QED) is 0.837. The first-order valence-electron chi connectivity index (χ1n) is 6.64. The third-order valence-corrected chi connectivity index (χ3v) is 3.46. The number of nitrogens with one attached hydrogen (secondary N) is 1. The van der Waals surface area contributed by atoms with Gasteiger partial charge in [0.05, 0.1) is 0 Å². The number of hydrogen-bond acceptors (Lipinski definition) is 2. The van der Waals surface area contributed by atoms with Gasteiger partial charge in [0.15, 0.2) is 0 Å². The molecule has 0 saturated carbocycles. The van der Waals surface area contributed by atoms with Crippen molar-refractivity contribution in [3.63, 3.8) is 0 Å². The van der Waals surface area contributed by atoms with Crippen LogP contribution in [0.5, 0.6) is 0 Å². The highest BCUT2D eigenvalue weighted by atomic mass is 15.1. The first kappa shape index (κ1) is 12.6. The maximum absolute atomic E-state index is 3.58. The average Bonchev–Trinajstić information content (AvgIpc) is 2.72. The van der Waals surface area contributed by atoms with E-state index in [0.717, 1.165) is 13.1 Å². The fourth-order valence-electron chi connectivity index (χ4n) is 2.64. The second kappa shape index (κ2) is 5.65. The lowest BCUT2D eigenvalue weighted by atomic mass is 10.1. The summed E-state index contributed by atoms with van der Waals surface area (Å²) in [7, 11) is 4.24. The van der Waals surface area contributed by atoms with E-state index in [-0.39, 0.29) is 0 Å².